The standard InChI is InChI=1S/C11H15N3O4/c1-18-10-3-2-9(14(16)17)11(13-10)12-6-7-4-8(15)5-7/h2-3,7-8,15H,4-6H2,1H3,(H,12,13). The maximum Gasteiger partial charge on any atom is 0.311 e. The number of aromatic nitrogens is 1. The van der Waals surface area contributed by atoms with E-state index in [-0.39, 0.29) is 17.6 Å². The zero-order valence-electron chi connectivity index (χ0n) is 10.00. The summed E-state index contributed by atoms with van der Waals surface area (Å²) >= 11 is 0. The molecule has 1 aliphatic rings. The first-order chi connectivity index (χ1) is 8.60. The zero-order valence-corrected chi connectivity index (χ0v) is 10.00. The molecule has 0 radical (unpaired) electrons. The quantitative estimate of drug-likeness (QED) is 0.604. The Labute approximate surface area is 104 Å². The number of pyridine rings is 1. The molecule has 0 unspecified atom stereocenters. The van der Waals surface area contributed by atoms with Gasteiger partial charge in [-0.15, -0.1) is 0 Å². The summed E-state index contributed by atoms with van der Waals surface area (Å²) in [7, 11) is 1.46. The Morgan fingerprint density at radius 1 is 1.61 bits per heavy atom. The van der Waals surface area contributed by atoms with Crippen molar-refractivity contribution in [3.05, 3.63) is 22.2 Å². The third kappa shape index (κ3) is 2.67. The fraction of sp³-hybridized carbons (Fsp3) is 0.545. The first-order valence-corrected chi connectivity index (χ1v) is 5.71. The fourth-order valence-electron chi connectivity index (χ4n) is 1.93. The molecular formula is C11H15N3O4. The number of aliphatic hydroxyl groups excluding tert-OH is 1. The van der Waals surface area contributed by atoms with Crippen LogP contribution >= 0.6 is 0 Å². The minimum absolute atomic E-state index is 0.0735. The van der Waals surface area contributed by atoms with Crippen LogP contribution < -0.4 is 10.1 Å². The second kappa shape index (κ2) is 5.18. The molecule has 1 heterocycles. The van der Waals surface area contributed by atoms with E-state index in [9.17, 15) is 10.1 Å². The lowest BCUT2D eigenvalue weighted by Gasteiger charge is -2.31. The van der Waals surface area contributed by atoms with Crippen molar-refractivity contribution >= 4 is 11.5 Å². The molecule has 0 amide bonds. The van der Waals surface area contributed by atoms with E-state index in [1.807, 2.05) is 0 Å². The summed E-state index contributed by atoms with van der Waals surface area (Å²) in [5.41, 5.74) is -0.0735. The Morgan fingerprint density at radius 2 is 2.33 bits per heavy atom. The summed E-state index contributed by atoms with van der Waals surface area (Å²) in [6, 6.07) is 2.82. The predicted octanol–water partition coefficient (Wildman–Crippen LogP) is 1.18. The van der Waals surface area contributed by atoms with Crippen LogP contribution in [0.15, 0.2) is 12.1 Å². The lowest BCUT2D eigenvalue weighted by atomic mass is 9.82. The second-order valence-corrected chi connectivity index (χ2v) is 4.35. The zero-order chi connectivity index (χ0) is 13.1. The highest BCUT2D eigenvalue weighted by atomic mass is 16.6. The third-order valence-corrected chi connectivity index (χ3v) is 3.02. The molecule has 0 spiro atoms. The summed E-state index contributed by atoms with van der Waals surface area (Å²) < 4.78 is 4.94. The molecule has 1 aromatic rings. The van der Waals surface area contributed by atoms with E-state index in [1.165, 1.54) is 19.2 Å². The molecule has 2 rings (SSSR count). The predicted molar refractivity (Wildman–Crippen MR) is 64.7 cm³/mol. The average molecular weight is 253 g/mol. The second-order valence-electron chi connectivity index (χ2n) is 4.35. The van der Waals surface area contributed by atoms with E-state index >= 15 is 0 Å². The van der Waals surface area contributed by atoms with Gasteiger partial charge >= 0.3 is 5.69 Å². The van der Waals surface area contributed by atoms with Gasteiger partial charge in [-0.05, 0) is 18.8 Å². The molecular weight excluding hydrogens is 238 g/mol. The van der Waals surface area contributed by atoms with Crippen molar-refractivity contribution in [1.82, 2.24) is 4.98 Å². The number of nitrogens with zero attached hydrogens (tertiary/aromatic N) is 2. The lowest BCUT2D eigenvalue weighted by Crippen LogP contribution is -2.33. The van der Waals surface area contributed by atoms with E-state index in [2.05, 4.69) is 10.3 Å². The molecule has 0 atom stereocenters. The van der Waals surface area contributed by atoms with Crippen LogP contribution in [0.1, 0.15) is 12.8 Å². The Bertz CT molecular complexity index is 446. The maximum absolute atomic E-state index is 10.8. The van der Waals surface area contributed by atoms with Crippen molar-refractivity contribution in [3.8, 4) is 5.88 Å². The van der Waals surface area contributed by atoms with Gasteiger partial charge in [0, 0.05) is 18.7 Å². The highest BCUT2D eigenvalue weighted by Gasteiger charge is 2.27. The molecule has 0 bridgehead atoms. The highest BCUT2D eigenvalue weighted by molar-refractivity contribution is 5.57. The summed E-state index contributed by atoms with van der Waals surface area (Å²) in [6.45, 7) is 0.568. The monoisotopic (exact) mass is 253 g/mol. The van der Waals surface area contributed by atoms with Gasteiger partial charge in [-0.25, -0.2) is 0 Å². The Hall–Kier alpha value is -1.89. The summed E-state index contributed by atoms with van der Waals surface area (Å²) in [5, 5.41) is 23.0. The number of rotatable bonds is 5. The molecule has 1 aliphatic carbocycles. The molecule has 7 heteroatoms. The number of nitro groups is 1. The van der Waals surface area contributed by atoms with E-state index in [1.54, 1.807) is 0 Å². The van der Waals surface area contributed by atoms with Crippen LogP contribution in [-0.2, 0) is 0 Å². The molecule has 1 fully saturated rings. The van der Waals surface area contributed by atoms with Crippen molar-refractivity contribution in [2.45, 2.75) is 18.9 Å². The number of methoxy groups -OCH3 is 1. The maximum atomic E-state index is 10.8. The van der Waals surface area contributed by atoms with Gasteiger partial charge in [0.2, 0.25) is 11.7 Å². The lowest BCUT2D eigenvalue weighted by molar-refractivity contribution is -0.384. The van der Waals surface area contributed by atoms with Gasteiger partial charge in [0.15, 0.2) is 0 Å². The van der Waals surface area contributed by atoms with Gasteiger partial charge in [0.25, 0.3) is 0 Å². The number of anilines is 1. The Kier molecular flexibility index (Phi) is 3.61. The number of ether oxygens (including phenoxy) is 1. The van der Waals surface area contributed by atoms with Crippen LogP contribution in [-0.4, -0.2) is 34.8 Å². The van der Waals surface area contributed by atoms with Crippen LogP contribution in [0.5, 0.6) is 5.88 Å². The van der Waals surface area contributed by atoms with Gasteiger partial charge in [-0.3, -0.25) is 10.1 Å². The Balaban J connectivity index is 2.06. The van der Waals surface area contributed by atoms with Gasteiger partial charge in [0.1, 0.15) is 0 Å². The number of hydrogen-bond donors (Lipinski definition) is 2. The highest BCUT2D eigenvalue weighted by Crippen LogP contribution is 2.29. The van der Waals surface area contributed by atoms with Crippen LogP contribution in [0, 0.1) is 16.0 Å². The van der Waals surface area contributed by atoms with Crippen molar-refractivity contribution in [2.75, 3.05) is 19.0 Å². The van der Waals surface area contributed by atoms with Gasteiger partial charge in [0.05, 0.1) is 18.1 Å². The van der Waals surface area contributed by atoms with Crippen molar-refractivity contribution in [1.29, 1.82) is 0 Å². The van der Waals surface area contributed by atoms with Crippen LogP contribution in [0.25, 0.3) is 0 Å². The van der Waals surface area contributed by atoms with Gasteiger partial charge in [-0.2, -0.15) is 4.98 Å². The van der Waals surface area contributed by atoms with E-state index < -0.39 is 4.92 Å². The van der Waals surface area contributed by atoms with Crippen LogP contribution in [0.4, 0.5) is 11.5 Å². The Morgan fingerprint density at radius 3 is 2.89 bits per heavy atom. The smallest absolute Gasteiger partial charge is 0.311 e. The number of hydrogen-bond acceptors (Lipinski definition) is 6. The molecule has 0 saturated heterocycles. The van der Waals surface area contributed by atoms with Crippen LogP contribution in [0.2, 0.25) is 0 Å². The molecule has 0 aromatic carbocycles. The molecule has 1 saturated carbocycles. The van der Waals surface area contributed by atoms with E-state index in [4.69, 9.17) is 9.84 Å². The molecule has 1 aromatic heterocycles. The SMILES string of the molecule is COc1ccc([N+](=O)[O-])c(NCC2CC(O)C2)n1. The number of nitrogens with one attached hydrogen (secondary N) is 1. The molecule has 98 valence electrons. The first kappa shape index (κ1) is 12.6. The van der Waals surface area contributed by atoms with Gasteiger partial charge in [-0.1, -0.05) is 0 Å². The fourth-order valence-corrected chi connectivity index (χ4v) is 1.93. The van der Waals surface area contributed by atoms with Gasteiger partial charge < -0.3 is 15.2 Å². The summed E-state index contributed by atoms with van der Waals surface area (Å²) in [6.07, 6.45) is 1.22. The minimum atomic E-state index is -0.482. The van der Waals surface area contributed by atoms with E-state index in [0.717, 1.165) is 12.8 Å². The summed E-state index contributed by atoms with van der Waals surface area (Å²) in [4.78, 5) is 14.4. The van der Waals surface area contributed by atoms with Crippen molar-refractivity contribution in [3.63, 3.8) is 0 Å². The average Bonchev–Trinajstić information content (AvgIpc) is 2.32. The molecule has 18 heavy (non-hydrogen) atoms. The summed E-state index contributed by atoms with van der Waals surface area (Å²) in [5.74, 6) is 0.880. The molecule has 7 nitrogen and oxygen atoms in total. The van der Waals surface area contributed by atoms with Crippen molar-refractivity contribution < 1.29 is 14.8 Å². The third-order valence-electron chi connectivity index (χ3n) is 3.02. The number of aliphatic hydroxyl groups is 1. The van der Waals surface area contributed by atoms with Crippen LogP contribution in [0.3, 0.4) is 0 Å². The topological polar surface area (TPSA) is 97.5 Å². The normalized spacial score (nSPS) is 22.1. The first-order valence-electron chi connectivity index (χ1n) is 5.71. The minimum Gasteiger partial charge on any atom is -0.481 e. The molecule has 0 aliphatic heterocycles. The van der Waals surface area contributed by atoms with Crippen molar-refractivity contribution in [2.24, 2.45) is 5.92 Å². The molecule has 2 N–H and O–H groups in total. The van der Waals surface area contributed by atoms with E-state index in [0.29, 0.717) is 18.3 Å². The largest absolute Gasteiger partial charge is 0.481 e.